The predicted molar refractivity (Wildman–Crippen MR) is 62.2 cm³/mol. The average molecular weight is 208 g/mol. The SMILES string of the molecule is CC.CCC1CNC(=O)c2cc(C)cn21. The fraction of sp³-hybridized carbons (Fsp3) is 0.583. The van der Waals surface area contributed by atoms with Crippen LogP contribution in [0.5, 0.6) is 0 Å². The quantitative estimate of drug-likeness (QED) is 0.756. The summed E-state index contributed by atoms with van der Waals surface area (Å²) in [6.07, 6.45) is 3.11. The van der Waals surface area contributed by atoms with Crippen molar-refractivity contribution in [3.8, 4) is 0 Å². The Morgan fingerprint density at radius 3 is 2.80 bits per heavy atom. The van der Waals surface area contributed by atoms with Crippen molar-refractivity contribution in [3.05, 3.63) is 23.5 Å². The normalized spacial score (nSPS) is 18.7. The zero-order valence-corrected chi connectivity index (χ0v) is 10.0. The Kier molecular flexibility index (Phi) is 3.95. The summed E-state index contributed by atoms with van der Waals surface area (Å²) in [7, 11) is 0. The minimum atomic E-state index is 0.0535. The topological polar surface area (TPSA) is 34.0 Å². The lowest BCUT2D eigenvalue weighted by atomic mass is 10.1. The third kappa shape index (κ3) is 2.22. The van der Waals surface area contributed by atoms with Gasteiger partial charge in [-0.05, 0) is 25.0 Å². The van der Waals surface area contributed by atoms with E-state index in [0.29, 0.717) is 6.04 Å². The van der Waals surface area contributed by atoms with Crippen LogP contribution >= 0.6 is 0 Å². The van der Waals surface area contributed by atoms with Crippen molar-refractivity contribution in [2.45, 2.75) is 40.2 Å². The van der Waals surface area contributed by atoms with E-state index in [1.54, 1.807) is 0 Å². The lowest BCUT2D eigenvalue weighted by molar-refractivity contribution is 0.0914. The van der Waals surface area contributed by atoms with Crippen LogP contribution in [-0.2, 0) is 0 Å². The van der Waals surface area contributed by atoms with E-state index in [9.17, 15) is 4.79 Å². The summed E-state index contributed by atoms with van der Waals surface area (Å²) in [5.41, 5.74) is 1.96. The Morgan fingerprint density at radius 1 is 1.53 bits per heavy atom. The van der Waals surface area contributed by atoms with Crippen molar-refractivity contribution in [1.82, 2.24) is 9.88 Å². The average Bonchev–Trinajstić information content (AvgIpc) is 2.64. The summed E-state index contributed by atoms with van der Waals surface area (Å²) >= 11 is 0. The summed E-state index contributed by atoms with van der Waals surface area (Å²) in [6, 6.07) is 2.37. The van der Waals surface area contributed by atoms with E-state index in [0.717, 1.165) is 24.2 Å². The number of hydrogen-bond acceptors (Lipinski definition) is 1. The highest BCUT2D eigenvalue weighted by Crippen LogP contribution is 2.20. The molecule has 1 aliphatic rings. The third-order valence-electron chi connectivity index (χ3n) is 2.58. The molecule has 3 heteroatoms. The second-order valence-electron chi connectivity index (χ2n) is 3.58. The van der Waals surface area contributed by atoms with Crippen LogP contribution in [0.1, 0.15) is 49.3 Å². The van der Waals surface area contributed by atoms with E-state index < -0.39 is 0 Å². The molecule has 3 nitrogen and oxygen atoms in total. The van der Waals surface area contributed by atoms with Crippen LogP contribution in [0.3, 0.4) is 0 Å². The molecular weight excluding hydrogens is 188 g/mol. The second kappa shape index (κ2) is 5.01. The first-order valence-electron chi connectivity index (χ1n) is 5.69. The second-order valence-corrected chi connectivity index (χ2v) is 3.58. The molecule has 0 spiro atoms. The van der Waals surface area contributed by atoms with Crippen molar-refractivity contribution in [2.24, 2.45) is 0 Å². The van der Waals surface area contributed by atoms with Gasteiger partial charge in [-0.2, -0.15) is 0 Å². The molecule has 0 radical (unpaired) electrons. The molecule has 1 aromatic rings. The predicted octanol–water partition coefficient (Wildman–Crippen LogP) is 2.52. The Balaban J connectivity index is 0.000000531. The van der Waals surface area contributed by atoms with E-state index in [1.165, 1.54) is 0 Å². The highest BCUT2D eigenvalue weighted by molar-refractivity contribution is 5.93. The molecule has 1 N–H and O–H groups in total. The third-order valence-corrected chi connectivity index (χ3v) is 2.58. The number of nitrogens with one attached hydrogen (secondary N) is 1. The van der Waals surface area contributed by atoms with Gasteiger partial charge in [0.05, 0.1) is 6.04 Å². The van der Waals surface area contributed by atoms with Gasteiger partial charge in [0.25, 0.3) is 5.91 Å². The molecule has 0 aliphatic carbocycles. The van der Waals surface area contributed by atoms with Crippen molar-refractivity contribution < 1.29 is 4.79 Å². The molecule has 2 heterocycles. The molecule has 0 saturated heterocycles. The first kappa shape index (κ1) is 11.8. The number of fused-ring (bicyclic) bond motifs is 1. The molecular formula is C12H20N2O. The Hall–Kier alpha value is -1.25. The largest absolute Gasteiger partial charge is 0.349 e. The molecule has 1 unspecified atom stereocenters. The number of rotatable bonds is 1. The molecule has 15 heavy (non-hydrogen) atoms. The van der Waals surface area contributed by atoms with Gasteiger partial charge in [0, 0.05) is 12.7 Å². The van der Waals surface area contributed by atoms with Gasteiger partial charge in [0.15, 0.2) is 0 Å². The van der Waals surface area contributed by atoms with Crippen LogP contribution in [0.15, 0.2) is 12.3 Å². The number of carbonyl (C=O) groups is 1. The molecule has 1 atom stereocenters. The minimum absolute atomic E-state index is 0.0535. The van der Waals surface area contributed by atoms with Crippen LogP contribution in [0.2, 0.25) is 0 Å². The lowest BCUT2D eigenvalue weighted by Gasteiger charge is -2.25. The van der Waals surface area contributed by atoms with Crippen molar-refractivity contribution >= 4 is 5.91 Å². The van der Waals surface area contributed by atoms with Gasteiger partial charge in [-0.1, -0.05) is 20.8 Å². The molecule has 2 rings (SSSR count). The van der Waals surface area contributed by atoms with Gasteiger partial charge in [0.1, 0.15) is 5.69 Å². The molecule has 1 amide bonds. The number of aryl methyl sites for hydroxylation is 1. The number of amides is 1. The highest BCUT2D eigenvalue weighted by Gasteiger charge is 2.23. The van der Waals surface area contributed by atoms with Crippen LogP contribution in [0.25, 0.3) is 0 Å². The Bertz CT molecular complexity index is 341. The summed E-state index contributed by atoms with van der Waals surface area (Å²) in [6.45, 7) is 8.92. The Labute approximate surface area is 91.5 Å². The smallest absolute Gasteiger partial charge is 0.267 e. The van der Waals surface area contributed by atoms with Gasteiger partial charge in [0.2, 0.25) is 0 Å². The maximum Gasteiger partial charge on any atom is 0.267 e. The molecule has 84 valence electrons. The Morgan fingerprint density at radius 2 is 2.20 bits per heavy atom. The monoisotopic (exact) mass is 208 g/mol. The van der Waals surface area contributed by atoms with Crippen LogP contribution in [-0.4, -0.2) is 17.0 Å². The van der Waals surface area contributed by atoms with Gasteiger partial charge < -0.3 is 9.88 Å². The van der Waals surface area contributed by atoms with Gasteiger partial charge >= 0.3 is 0 Å². The van der Waals surface area contributed by atoms with Crippen molar-refractivity contribution in [2.75, 3.05) is 6.54 Å². The maximum atomic E-state index is 11.4. The first-order chi connectivity index (χ1) is 7.22. The van der Waals surface area contributed by atoms with Crippen LogP contribution < -0.4 is 5.32 Å². The van der Waals surface area contributed by atoms with E-state index in [-0.39, 0.29) is 5.91 Å². The summed E-state index contributed by atoms with van der Waals surface area (Å²) < 4.78 is 2.09. The van der Waals surface area contributed by atoms with Crippen LogP contribution in [0, 0.1) is 6.92 Å². The maximum absolute atomic E-state index is 11.4. The van der Waals surface area contributed by atoms with Crippen LogP contribution in [0.4, 0.5) is 0 Å². The summed E-state index contributed by atoms with van der Waals surface area (Å²) in [4.78, 5) is 11.4. The first-order valence-corrected chi connectivity index (χ1v) is 5.69. The lowest BCUT2D eigenvalue weighted by Crippen LogP contribution is -2.38. The molecule has 0 fully saturated rings. The number of hydrogen-bond donors (Lipinski definition) is 1. The van der Waals surface area contributed by atoms with Crippen molar-refractivity contribution in [1.29, 1.82) is 0 Å². The number of nitrogens with zero attached hydrogens (tertiary/aromatic N) is 1. The van der Waals surface area contributed by atoms with E-state index in [2.05, 4.69) is 23.0 Å². The molecule has 1 aromatic heterocycles. The fourth-order valence-electron chi connectivity index (χ4n) is 1.84. The summed E-state index contributed by atoms with van der Waals surface area (Å²) in [5.74, 6) is 0.0535. The van der Waals surface area contributed by atoms with Gasteiger partial charge in [-0.25, -0.2) is 0 Å². The van der Waals surface area contributed by atoms with Crippen molar-refractivity contribution in [3.63, 3.8) is 0 Å². The molecule has 1 aliphatic heterocycles. The zero-order valence-electron chi connectivity index (χ0n) is 10.0. The summed E-state index contributed by atoms with van der Waals surface area (Å²) in [5, 5.41) is 2.89. The molecule has 0 saturated carbocycles. The number of carbonyl (C=O) groups excluding carboxylic acids is 1. The molecule has 0 bridgehead atoms. The van der Waals surface area contributed by atoms with Gasteiger partial charge in [-0.3, -0.25) is 4.79 Å². The van der Waals surface area contributed by atoms with Gasteiger partial charge in [-0.15, -0.1) is 0 Å². The minimum Gasteiger partial charge on any atom is -0.349 e. The zero-order chi connectivity index (χ0) is 11.4. The van der Waals surface area contributed by atoms with E-state index in [1.807, 2.05) is 26.8 Å². The standard InChI is InChI=1S/C10H14N2O.C2H6/c1-3-8-5-11-10(13)9-4-7(2)6-12(8)9;1-2/h4,6,8H,3,5H2,1-2H3,(H,11,13);1-2H3. The highest BCUT2D eigenvalue weighted by atomic mass is 16.2. The fourth-order valence-corrected chi connectivity index (χ4v) is 1.84. The molecule has 0 aromatic carbocycles. The van der Waals surface area contributed by atoms with E-state index in [4.69, 9.17) is 0 Å². The number of aromatic nitrogens is 1. The van der Waals surface area contributed by atoms with E-state index >= 15 is 0 Å².